The highest BCUT2D eigenvalue weighted by atomic mass is 16.6. The first-order valence-electron chi connectivity index (χ1n) is 6.49. The maximum atomic E-state index is 11.8. The minimum absolute atomic E-state index is 0.00873. The lowest BCUT2D eigenvalue weighted by molar-refractivity contribution is 0.0496. The zero-order valence-electron chi connectivity index (χ0n) is 12.1. The highest BCUT2D eigenvalue weighted by Crippen LogP contribution is 2.21. The summed E-state index contributed by atoms with van der Waals surface area (Å²) < 4.78 is 5.24. The second kappa shape index (κ2) is 6.57. The summed E-state index contributed by atoms with van der Waals surface area (Å²) in [6.45, 7) is 7.45. The lowest BCUT2D eigenvalue weighted by Crippen LogP contribution is -2.35. The first-order chi connectivity index (χ1) is 8.83. The van der Waals surface area contributed by atoms with Crippen LogP contribution in [0.25, 0.3) is 0 Å². The van der Waals surface area contributed by atoms with Crippen LogP contribution < -0.4 is 5.32 Å². The summed E-state index contributed by atoms with van der Waals surface area (Å²) in [4.78, 5) is 11.8. The molecular formula is C15H23NO3. The van der Waals surface area contributed by atoms with Crippen LogP contribution in [0.4, 0.5) is 4.79 Å². The quantitative estimate of drug-likeness (QED) is 0.880. The van der Waals surface area contributed by atoms with Crippen LogP contribution in [0.5, 0.6) is 0 Å². The molecule has 0 fully saturated rings. The van der Waals surface area contributed by atoms with Gasteiger partial charge in [0.2, 0.25) is 0 Å². The number of rotatable bonds is 4. The number of aliphatic hydroxyl groups excluding tert-OH is 1. The number of ether oxygens (including phenoxy) is 1. The fourth-order valence-electron chi connectivity index (χ4n) is 1.86. The number of carbonyl (C=O) groups excluding carboxylic acids is 1. The van der Waals surface area contributed by atoms with E-state index in [0.29, 0.717) is 6.42 Å². The van der Waals surface area contributed by atoms with Crippen LogP contribution in [0, 0.1) is 6.92 Å². The summed E-state index contributed by atoms with van der Waals surface area (Å²) >= 11 is 0. The van der Waals surface area contributed by atoms with Gasteiger partial charge in [0, 0.05) is 6.61 Å². The van der Waals surface area contributed by atoms with Gasteiger partial charge in [-0.15, -0.1) is 0 Å². The van der Waals surface area contributed by atoms with E-state index in [2.05, 4.69) is 5.32 Å². The number of alkyl carbamates (subject to hydrolysis) is 1. The largest absolute Gasteiger partial charge is 0.444 e. The zero-order chi connectivity index (χ0) is 14.5. The molecule has 4 nitrogen and oxygen atoms in total. The Balaban J connectivity index is 2.79. The van der Waals surface area contributed by atoms with E-state index in [9.17, 15) is 4.79 Å². The number of hydrogen-bond acceptors (Lipinski definition) is 3. The minimum Gasteiger partial charge on any atom is -0.444 e. The lowest BCUT2D eigenvalue weighted by atomic mass is 9.99. The van der Waals surface area contributed by atoms with Crippen LogP contribution in [0.1, 0.15) is 44.4 Å². The van der Waals surface area contributed by atoms with E-state index < -0.39 is 11.7 Å². The molecule has 106 valence electrons. The van der Waals surface area contributed by atoms with Crippen molar-refractivity contribution in [3.63, 3.8) is 0 Å². The Hall–Kier alpha value is -1.55. The van der Waals surface area contributed by atoms with Crippen molar-refractivity contribution in [3.8, 4) is 0 Å². The van der Waals surface area contributed by atoms with Crippen molar-refractivity contribution in [2.24, 2.45) is 0 Å². The van der Waals surface area contributed by atoms with E-state index in [1.165, 1.54) is 0 Å². The summed E-state index contributed by atoms with van der Waals surface area (Å²) in [6, 6.07) is 7.57. The molecule has 0 heterocycles. The molecule has 0 saturated heterocycles. The van der Waals surface area contributed by atoms with Crippen molar-refractivity contribution in [3.05, 3.63) is 35.4 Å². The van der Waals surface area contributed by atoms with Gasteiger partial charge in [0.15, 0.2) is 0 Å². The molecule has 0 bridgehead atoms. The van der Waals surface area contributed by atoms with Gasteiger partial charge >= 0.3 is 6.09 Å². The summed E-state index contributed by atoms with van der Waals surface area (Å²) in [5.74, 6) is 0. The Morgan fingerprint density at radius 2 is 2.00 bits per heavy atom. The molecule has 1 atom stereocenters. The van der Waals surface area contributed by atoms with Gasteiger partial charge in [-0.1, -0.05) is 24.3 Å². The summed E-state index contributed by atoms with van der Waals surface area (Å²) in [5.41, 5.74) is 1.55. The van der Waals surface area contributed by atoms with Crippen molar-refractivity contribution < 1.29 is 14.6 Å². The summed E-state index contributed by atoms with van der Waals surface area (Å²) in [6.07, 6.45) is -0.00130. The van der Waals surface area contributed by atoms with Crippen LogP contribution in [0.3, 0.4) is 0 Å². The molecule has 0 aromatic heterocycles. The third kappa shape index (κ3) is 5.30. The van der Waals surface area contributed by atoms with Crippen LogP contribution in [-0.4, -0.2) is 23.4 Å². The van der Waals surface area contributed by atoms with E-state index in [0.717, 1.165) is 11.1 Å². The molecule has 19 heavy (non-hydrogen) atoms. The molecule has 1 aromatic carbocycles. The number of hydrogen-bond donors (Lipinski definition) is 2. The van der Waals surface area contributed by atoms with Gasteiger partial charge < -0.3 is 15.2 Å². The maximum absolute atomic E-state index is 11.8. The van der Waals surface area contributed by atoms with E-state index >= 15 is 0 Å². The molecule has 2 N–H and O–H groups in total. The normalized spacial score (nSPS) is 12.9. The summed E-state index contributed by atoms with van der Waals surface area (Å²) in [7, 11) is 0. The molecular weight excluding hydrogens is 242 g/mol. The Morgan fingerprint density at radius 1 is 1.37 bits per heavy atom. The van der Waals surface area contributed by atoms with Crippen LogP contribution in [0.2, 0.25) is 0 Å². The lowest BCUT2D eigenvalue weighted by Gasteiger charge is -2.24. The first kappa shape index (κ1) is 15.5. The highest BCUT2D eigenvalue weighted by Gasteiger charge is 2.20. The van der Waals surface area contributed by atoms with Crippen molar-refractivity contribution in [1.29, 1.82) is 0 Å². The Bertz CT molecular complexity index is 424. The van der Waals surface area contributed by atoms with Gasteiger partial charge in [-0.25, -0.2) is 4.79 Å². The molecule has 1 unspecified atom stereocenters. The molecule has 0 aliphatic rings. The fourth-order valence-corrected chi connectivity index (χ4v) is 1.86. The van der Waals surface area contributed by atoms with Crippen molar-refractivity contribution in [2.75, 3.05) is 6.61 Å². The molecule has 1 rings (SSSR count). The molecule has 0 aliphatic carbocycles. The third-order valence-corrected chi connectivity index (χ3v) is 2.67. The van der Waals surface area contributed by atoms with Gasteiger partial charge in [0.05, 0.1) is 6.04 Å². The minimum atomic E-state index is -0.528. The average Bonchev–Trinajstić information content (AvgIpc) is 2.26. The molecule has 0 spiro atoms. The fraction of sp³-hybridized carbons (Fsp3) is 0.533. The van der Waals surface area contributed by atoms with Crippen molar-refractivity contribution in [2.45, 2.75) is 45.8 Å². The number of benzene rings is 1. The van der Waals surface area contributed by atoms with Gasteiger partial charge in [0.25, 0.3) is 0 Å². The number of aryl methyl sites for hydroxylation is 1. The average molecular weight is 265 g/mol. The highest BCUT2D eigenvalue weighted by molar-refractivity contribution is 5.68. The van der Waals surface area contributed by atoms with Crippen molar-refractivity contribution in [1.82, 2.24) is 5.32 Å². The van der Waals surface area contributed by atoms with Crippen LogP contribution in [0.15, 0.2) is 24.3 Å². The molecule has 0 aliphatic heterocycles. The summed E-state index contributed by atoms with van der Waals surface area (Å²) in [5, 5.41) is 12.0. The van der Waals surface area contributed by atoms with Gasteiger partial charge in [-0.05, 0) is 45.2 Å². The van der Waals surface area contributed by atoms with Gasteiger partial charge in [0.1, 0.15) is 5.60 Å². The SMILES string of the molecule is Cc1ccccc1C(CCO)NC(=O)OC(C)(C)C. The third-order valence-electron chi connectivity index (χ3n) is 2.67. The Labute approximate surface area is 114 Å². The van der Waals surface area contributed by atoms with Crippen LogP contribution >= 0.6 is 0 Å². The molecule has 1 amide bonds. The van der Waals surface area contributed by atoms with E-state index in [-0.39, 0.29) is 12.6 Å². The smallest absolute Gasteiger partial charge is 0.408 e. The van der Waals surface area contributed by atoms with E-state index in [1.54, 1.807) is 0 Å². The van der Waals surface area contributed by atoms with E-state index in [1.807, 2.05) is 52.0 Å². The molecule has 0 radical (unpaired) electrons. The molecule has 0 saturated carbocycles. The Morgan fingerprint density at radius 3 is 2.53 bits per heavy atom. The number of aliphatic hydroxyl groups is 1. The number of carbonyl (C=O) groups is 1. The number of amides is 1. The maximum Gasteiger partial charge on any atom is 0.408 e. The second-order valence-electron chi connectivity index (χ2n) is 5.57. The van der Waals surface area contributed by atoms with Gasteiger partial charge in [-0.2, -0.15) is 0 Å². The monoisotopic (exact) mass is 265 g/mol. The topological polar surface area (TPSA) is 58.6 Å². The van der Waals surface area contributed by atoms with E-state index in [4.69, 9.17) is 9.84 Å². The van der Waals surface area contributed by atoms with Gasteiger partial charge in [-0.3, -0.25) is 0 Å². The standard InChI is InChI=1S/C15H23NO3/c1-11-7-5-6-8-12(11)13(9-10-17)16-14(18)19-15(2,3)4/h5-8,13,17H,9-10H2,1-4H3,(H,16,18). The molecule has 1 aromatic rings. The predicted octanol–water partition coefficient (Wildman–Crippen LogP) is 2.94. The zero-order valence-corrected chi connectivity index (χ0v) is 12.1. The van der Waals surface area contributed by atoms with Crippen molar-refractivity contribution >= 4 is 6.09 Å². The molecule has 4 heteroatoms. The van der Waals surface area contributed by atoms with Crippen LogP contribution in [-0.2, 0) is 4.74 Å². The predicted molar refractivity (Wildman–Crippen MR) is 75.0 cm³/mol. The number of nitrogens with one attached hydrogen (secondary N) is 1. The first-order valence-corrected chi connectivity index (χ1v) is 6.49. The second-order valence-corrected chi connectivity index (χ2v) is 5.57. The Kier molecular flexibility index (Phi) is 5.36.